The van der Waals surface area contributed by atoms with Gasteiger partial charge in [0.15, 0.2) is 11.6 Å². The van der Waals surface area contributed by atoms with Crippen LogP contribution in [0, 0.1) is 27.8 Å². The molecule has 108 valence electrons. The van der Waals surface area contributed by atoms with Crippen molar-refractivity contribution in [2.45, 2.75) is 0 Å². The largest absolute Gasteiger partial charge is 0.490 e. The number of nitro groups is 1. The highest BCUT2D eigenvalue weighted by Crippen LogP contribution is 2.37. The second-order valence-corrected chi connectivity index (χ2v) is 5.32. The molecule has 20 heavy (non-hydrogen) atoms. The maximum atomic E-state index is 14.1. The van der Waals surface area contributed by atoms with Gasteiger partial charge >= 0.3 is 5.69 Å². The zero-order chi connectivity index (χ0) is 14.3. The van der Waals surface area contributed by atoms with Crippen molar-refractivity contribution in [3.8, 4) is 5.75 Å². The van der Waals surface area contributed by atoms with E-state index in [1.807, 2.05) is 4.90 Å². The van der Waals surface area contributed by atoms with Crippen molar-refractivity contribution >= 4 is 11.4 Å². The highest BCUT2D eigenvalue weighted by atomic mass is 19.1. The quantitative estimate of drug-likeness (QED) is 0.670. The molecule has 0 amide bonds. The van der Waals surface area contributed by atoms with E-state index in [0.717, 1.165) is 32.2 Å². The van der Waals surface area contributed by atoms with Crippen LogP contribution in [0.1, 0.15) is 0 Å². The lowest BCUT2D eigenvalue weighted by molar-refractivity contribution is -0.385. The SMILES string of the molecule is COc1cc(N2C[C@H]3CNC[C@H]3C2)c(F)cc1[N+](=O)[O-]. The van der Waals surface area contributed by atoms with E-state index in [1.54, 1.807) is 0 Å². The number of ether oxygens (including phenoxy) is 1. The van der Waals surface area contributed by atoms with Gasteiger partial charge < -0.3 is 15.0 Å². The van der Waals surface area contributed by atoms with Crippen molar-refractivity contribution in [1.29, 1.82) is 0 Å². The second-order valence-electron chi connectivity index (χ2n) is 5.32. The molecule has 0 saturated carbocycles. The normalized spacial score (nSPS) is 24.8. The summed E-state index contributed by atoms with van der Waals surface area (Å²) in [6.45, 7) is 3.45. The monoisotopic (exact) mass is 281 g/mol. The topological polar surface area (TPSA) is 67.6 Å². The Morgan fingerprint density at radius 2 is 2.05 bits per heavy atom. The summed E-state index contributed by atoms with van der Waals surface area (Å²) < 4.78 is 19.1. The number of hydrogen-bond acceptors (Lipinski definition) is 5. The zero-order valence-electron chi connectivity index (χ0n) is 11.1. The van der Waals surface area contributed by atoms with Gasteiger partial charge in [-0.15, -0.1) is 0 Å². The molecule has 2 atom stereocenters. The van der Waals surface area contributed by atoms with Gasteiger partial charge in [-0.3, -0.25) is 10.1 Å². The lowest BCUT2D eigenvalue weighted by Crippen LogP contribution is -2.26. The van der Waals surface area contributed by atoms with Crippen molar-refractivity contribution in [3.63, 3.8) is 0 Å². The number of halogens is 1. The van der Waals surface area contributed by atoms with Gasteiger partial charge in [-0.1, -0.05) is 0 Å². The smallest absolute Gasteiger partial charge is 0.313 e. The Balaban J connectivity index is 1.92. The summed E-state index contributed by atoms with van der Waals surface area (Å²) in [5, 5.41) is 14.2. The number of rotatable bonds is 3. The molecule has 2 fully saturated rings. The van der Waals surface area contributed by atoms with Gasteiger partial charge in [0.05, 0.1) is 23.8 Å². The first-order chi connectivity index (χ1) is 9.60. The van der Waals surface area contributed by atoms with Crippen LogP contribution in [-0.4, -0.2) is 38.2 Å². The molecule has 2 aliphatic rings. The van der Waals surface area contributed by atoms with E-state index in [1.165, 1.54) is 13.2 Å². The third-order valence-electron chi connectivity index (χ3n) is 4.18. The van der Waals surface area contributed by atoms with Crippen molar-refractivity contribution in [2.75, 3.05) is 38.2 Å². The minimum atomic E-state index is -0.631. The molecule has 2 heterocycles. The van der Waals surface area contributed by atoms with Gasteiger partial charge in [-0.2, -0.15) is 0 Å². The van der Waals surface area contributed by atoms with Crippen molar-refractivity contribution in [2.24, 2.45) is 11.8 Å². The highest BCUT2D eigenvalue weighted by Gasteiger charge is 2.37. The van der Waals surface area contributed by atoms with E-state index >= 15 is 0 Å². The number of nitro benzene ring substituents is 1. The summed E-state index contributed by atoms with van der Waals surface area (Å²) in [5.41, 5.74) is 0.0525. The fourth-order valence-electron chi connectivity index (χ4n) is 3.13. The Kier molecular flexibility index (Phi) is 3.21. The van der Waals surface area contributed by atoms with Crippen LogP contribution in [0.15, 0.2) is 12.1 Å². The summed E-state index contributed by atoms with van der Waals surface area (Å²) in [4.78, 5) is 12.2. The molecule has 1 aromatic carbocycles. The molecule has 0 bridgehead atoms. The molecule has 0 aliphatic carbocycles. The third-order valence-corrected chi connectivity index (χ3v) is 4.18. The molecule has 1 aromatic rings. The van der Waals surface area contributed by atoms with Crippen molar-refractivity contribution < 1.29 is 14.1 Å². The van der Waals surface area contributed by atoms with E-state index in [9.17, 15) is 14.5 Å². The molecule has 1 N–H and O–H groups in total. The molecule has 0 spiro atoms. The molecular weight excluding hydrogens is 265 g/mol. The fourth-order valence-corrected chi connectivity index (χ4v) is 3.13. The maximum absolute atomic E-state index is 14.1. The third kappa shape index (κ3) is 2.07. The van der Waals surface area contributed by atoms with Gasteiger partial charge in [0.2, 0.25) is 0 Å². The number of methoxy groups -OCH3 is 1. The Morgan fingerprint density at radius 3 is 2.60 bits per heavy atom. The summed E-state index contributed by atoms with van der Waals surface area (Å²) in [7, 11) is 1.35. The summed E-state index contributed by atoms with van der Waals surface area (Å²) in [5.74, 6) is 0.582. The standard InChI is InChI=1S/C13H16FN3O3/c1-20-13-3-11(10(14)2-12(13)17(18)19)16-6-8-4-15-5-9(8)7-16/h2-3,8-9,15H,4-7H2,1H3/t8-,9+. The summed E-state index contributed by atoms with van der Waals surface area (Å²) in [6.07, 6.45) is 0. The van der Waals surface area contributed by atoms with Gasteiger partial charge in [0.1, 0.15) is 0 Å². The average Bonchev–Trinajstić information content (AvgIpc) is 2.99. The van der Waals surface area contributed by atoms with Gasteiger partial charge in [-0.25, -0.2) is 4.39 Å². The lowest BCUT2D eigenvalue weighted by Gasteiger charge is -2.21. The molecule has 2 aliphatic heterocycles. The predicted octanol–water partition coefficient (Wildman–Crippen LogP) is 1.40. The van der Waals surface area contributed by atoms with Crippen LogP contribution < -0.4 is 15.0 Å². The average molecular weight is 281 g/mol. The predicted molar refractivity (Wildman–Crippen MR) is 71.7 cm³/mol. The number of fused-ring (bicyclic) bond motifs is 1. The van der Waals surface area contributed by atoms with Gasteiger partial charge in [-0.05, 0) is 11.8 Å². The summed E-state index contributed by atoms with van der Waals surface area (Å²) >= 11 is 0. The van der Waals surface area contributed by atoms with Crippen molar-refractivity contribution in [1.82, 2.24) is 5.32 Å². The van der Waals surface area contributed by atoms with Gasteiger partial charge in [0.25, 0.3) is 0 Å². The highest BCUT2D eigenvalue weighted by molar-refractivity contribution is 5.61. The number of anilines is 1. The molecule has 7 heteroatoms. The van der Waals surface area contributed by atoms with Crippen LogP contribution in [0.25, 0.3) is 0 Å². The molecular formula is C13H16FN3O3. The van der Waals surface area contributed by atoms with Crippen LogP contribution in [0.5, 0.6) is 5.75 Å². The molecule has 0 aromatic heterocycles. The number of nitrogens with zero attached hydrogens (tertiary/aromatic N) is 2. The number of nitrogens with one attached hydrogen (secondary N) is 1. The Morgan fingerprint density at radius 1 is 1.40 bits per heavy atom. The van der Waals surface area contributed by atoms with E-state index in [2.05, 4.69) is 5.32 Å². The van der Waals surface area contributed by atoms with Crippen LogP contribution >= 0.6 is 0 Å². The second kappa shape index (κ2) is 4.90. The number of benzene rings is 1. The maximum Gasteiger partial charge on any atom is 0.313 e. The van der Waals surface area contributed by atoms with Crippen LogP contribution in [0.4, 0.5) is 15.8 Å². The molecule has 0 unspecified atom stereocenters. The van der Waals surface area contributed by atoms with E-state index < -0.39 is 10.7 Å². The number of hydrogen-bond donors (Lipinski definition) is 1. The van der Waals surface area contributed by atoms with Crippen molar-refractivity contribution in [3.05, 3.63) is 28.1 Å². The first kappa shape index (κ1) is 13.1. The Labute approximate surface area is 115 Å². The molecule has 0 radical (unpaired) electrons. The minimum Gasteiger partial charge on any atom is -0.490 e. The van der Waals surface area contributed by atoms with E-state index in [0.29, 0.717) is 17.5 Å². The Hall–Kier alpha value is -1.89. The summed E-state index contributed by atoms with van der Waals surface area (Å²) in [6, 6.07) is 2.38. The first-order valence-electron chi connectivity index (χ1n) is 6.57. The Bertz CT molecular complexity index is 540. The molecule has 3 rings (SSSR count). The van der Waals surface area contributed by atoms with E-state index in [-0.39, 0.29) is 11.4 Å². The van der Waals surface area contributed by atoms with Crippen LogP contribution in [0.2, 0.25) is 0 Å². The van der Waals surface area contributed by atoms with E-state index in [4.69, 9.17) is 4.74 Å². The molecule has 6 nitrogen and oxygen atoms in total. The minimum absolute atomic E-state index is 0.0987. The lowest BCUT2D eigenvalue weighted by atomic mass is 10.0. The van der Waals surface area contributed by atoms with Crippen LogP contribution in [0.3, 0.4) is 0 Å². The van der Waals surface area contributed by atoms with Crippen LogP contribution in [-0.2, 0) is 0 Å². The zero-order valence-corrected chi connectivity index (χ0v) is 11.1. The first-order valence-corrected chi connectivity index (χ1v) is 6.57. The van der Waals surface area contributed by atoms with Gasteiger partial charge in [0, 0.05) is 32.2 Å². The molecule has 2 saturated heterocycles. The fraction of sp³-hybridized carbons (Fsp3) is 0.538.